The van der Waals surface area contributed by atoms with Crippen LogP contribution in [0.2, 0.25) is 0 Å². The summed E-state index contributed by atoms with van der Waals surface area (Å²) in [7, 11) is 0.233. The van der Waals surface area contributed by atoms with Crippen LogP contribution in [0.1, 0.15) is 17.0 Å². The topological polar surface area (TPSA) is 81.4 Å². The Morgan fingerprint density at radius 2 is 1.86 bits per heavy atom. The summed E-state index contributed by atoms with van der Waals surface area (Å²) in [5, 5.41) is 2.78. The third-order valence-electron chi connectivity index (χ3n) is 4.15. The van der Waals surface area contributed by atoms with Crippen molar-refractivity contribution in [1.29, 1.82) is 0 Å². The number of aromatic nitrogens is 1. The number of methoxy groups -OCH3 is 1. The van der Waals surface area contributed by atoms with Crippen molar-refractivity contribution >= 4 is 16.7 Å². The lowest BCUT2D eigenvalue weighted by molar-refractivity contribution is -0.118. The molecule has 0 saturated heterocycles. The largest absolute Gasteiger partial charge is 0.497 e. The van der Waals surface area contributed by atoms with Crippen molar-refractivity contribution in [3.8, 4) is 17.2 Å². The molecule has 1 amide bonds. The molecule has 7 heteroatoms. The summed E-state index contributed by atoms with van der Waals surface area (Å²) in [6.07, 6.45) is 0. The molecule has 0 fully saturated rings. The summed E-state index contributed by atoms with van der Waals surface area (Å²) >= 11 is 0. The van der Waals surface area contributed by atoms with Gasteiger partial charge in [-0.05, 0) is 36.8 Å². The van der Waals surface area contributed by atoms with E-state index in [2.05, 4.69) is 10.3 Å². The van der Waals surface area contributed by atoms with Gasteiger partial charge in [0, 0.05) is 22.9 Å². The van der Waals surface area contributed by atoms with Crippen molar-refractivity contribution in [3.63, 3.8) is 0 Å². The van der Waals surface area contributed by atoms with Gasteiger partial charge in [0.05, 0.1) is 18.6 Å². The molecule has 6 nitrogen and oxygen atoms in total. The summed E-state index contributed by atoms with van der Waals surface area (Å²) in [6.45, 7) is 2.20. The van der Waals surface area contributed by atoms with Gasteiger partial charge in [-0.3, -0.25) is 9.00 Å². The van der Waals surface area contributed by atoms with E-state index < -0.39 is 10.8 Å². The van der Waals surface area contributed by atoms with Crippen molar-refractivity contribution in [2.75, 3.05) is 12.9 Å². The minimum atomic E-state index is -1.37. The van der Waals surface area contributed by atoms with Crippen LogP contribution in [-0.2, 0) is 27.9 Å². The molecular formula is C21H22N2O4S. The lowest BCUT2D eigenvalue weighted by Gasteiger charge is -2.05. The molecule has 0 spiro atoms. The number of hydrogen-bond donors (Lipinski definition) is 1. The third kappa shape index (κ3) is 5.29. The molecular weight excluding hydrogens is 376 g/mol. The van der Waals surface area contributed by atoms with Crippen LogP contribution in [0, 0.1) is 6.92 Å². The molecule has 0 saturated carbocycles. The van der Waals surface area contributed by atoms with Gasteiger partial charge in [0.1, 0.15) is 17.3 Å². The monoisotopic (exact) mass is 398 g/mol. The molecule has 0 radical (unpaired) electrons. The van der Waals surface area contributed by atoms with Crippen LogP contribution >= 0.6 is 0 Å². The molecule has 0 aliphatic heterocycles. The number of benzene rings is 2. The van der Waals surface area contributed by atoms with Gasteiger partial charge in [0.2, 0.25) is 11.8 Å². The number of carbonyl (C=O) groups is 1. The summed E-state index contributed by atoms with van der Waals surface area (Å²) < 4.78 is 23.2. The van der Waals surface area contributed by atoms with Crippen molar-refractivity contribution in [2.24, 2.45) is 0 Å². The van der Waals surface area contributed by atoms with E-state index in [9.17, 15) is 9.00 Å². The Hall–Kier alpha value is -2.93. The van der Waals surface area contributed by atoms with Crippen molar-refractivity contribution < 1.29 is 18.2 Å². The SMILES string of the molecule is COc1ccc(-c2nc(C[S@](=O)CC(=O)NCc3ccccc3)c(C)o2)cc1. The highest BCUT2D eigenvalue weighted by atomic mass is 32.2. The first-order valence-electron chi connectivity index (χ1n) is 8.81. The van der Waals surface area contributed by atoms with Gasteiger partial charge in [0.15, 0.2) is 0 Å². The zero-order valence-corrected chi connectivity index (χ0v) is 16.6. The Morgan fingerprint density at radius 3 is 2.54 bits per heavy atom. The third-order valence-corrected chi connectivity index (χ3v) is 5.33. The van der Waals surface area contributed by atoms with Crippen LogP contribution in [0.25, 0.3) is 11.5 Å². The average Bonchev–Trinajstić information content (AvgIpc) is 3.07. The van der Waals surface area contributed by atoms with Gasteiger partial charge in [-0.25, -0.2) is 4.98 Å². The maximum absolute atomic E-state index is 12.4. The smallest absolute Gasteiger partial charge is 0.232 e. The van der Waals surface area contributed by atoms with Crippen LogP contribution in [0.15, 0.2) is 59.0 Å². The van der Waals surface area contributed by atoms with Gasteiger partial charge in [-0.15, -0.1) is 0 Å². The normalized spacial score (nSPS) is 11.8. The molecule has 0 aliphatic carbocycles. The molecule has 0 aliphatic rings. The number of ether oxygens (including phenoxy) is 1. The fraction of sp³-hybridized carbons (Fsp3) is 0.238. The van der Waals surface area contributed by atoms with Gasteiger partial charge < -0.3 is 14.5 Å². The summed E-state index contributed by atoms with van der Waals surface area (Å²) in [5.41, 5.74) is 2.40. The first kappa shape index (κ1) is 19.8. The Kier molecular flexibility index (Phi) is 6.60. The van der Waals surface area contributed by atoms with E-state index in [0.29, 0.717) is 23.9 Å². The van der Waals surface area contributed by atoms with Crippen molar-refractivity contribution in [3.05, 3.63) is 71.6 Å². The quantitative estimate of drug-likeness (QED) is 0.630. The number of nitrogens with one attached hydrogen (secondary N) is 1. The number of carbonyl (C=O) groups excluding carboxylic acids is 1. The molecule has 28 heavy (non-hydrogen) atoms. The second-order valence-electron chi connectivity index (χ2n) is 6.24. The van der Waals surface area contributed by atoms with E-state index in [1.807, 2.05) is 54.6 Å². The Bertz CT molecular complexity index is 952. The van der Waals surface area contributed by atoms with E-state index in [1.54, 1.807) is 14.0 Å². The highest BCUT2D eigenvalue weighted by Crippen LogP contribution is 2.24. The number of hydrogen-bond acceptors (Lipinski definition) is 5. The van der Waals surface area contributed by atoms with E-state index in [0.717, 1.165) is 16.9 Å². The highest BCUT2D eigenvalue weighted by molar-refractivity contribution is 7.84. The Morgan fingerprint density at radius 1 is 1.14 bits per heavy atom. The lowest BCUT2D eigenvalue weighted by atomic mass is 10.2. The summed E-state index contributed by atoms with van der Waals surface area (Å²) in [4.78, 5) is 16.5. The van der Waals surface area contributed by atoms with Crippen LogP contribution in [0.3, 0.4) is 0 Å². The number of rotatable bonds is 8. The maximum Gasteiger partial charge on any atom is 0.232 e. The first-order chi connectivity index (χ1) is 13.5. The Labute approximate surface area is 166 Å². The second-order valence-corrected chi connectivity index (χ2v) is 7.70. The van der Waals surface area contributed by atoms with Crippen LogP contribution in [0.4, 0.5) is 0 Å². The predicted octanol–water partition coefficient (Wildman–Crippen LogP) is 3.22. The molecule has 3 aromatic rings. The minimum absolute atomic E-state index is 0.0724. The minimum Gasteiger partial charge on any atom is -0.497 e. The molecule has 2 aromatic carbocycles. The summed E-state index contributed by atoms with van der Waals surface area (Å²) in [6, 6.07) is 16.9. The fourth-order valence-electron chi connectivity index (χ4n) is 2.62. The van der Waals surface area contributed by atoms with Crippen LogP contribution < -0.4 is 10.1 Å². The highest BCUT2D eigenvalue weighted by Gasteiger charge is 2.16. The average molecular weight is 398 g/mol. The zero-order valence-electron chi connectivity index (χ0n) is 15.8. The number of nitrogens with zero attached hydrogens (tertiary/aromatic N) is 1. The van der Waals surface area contributed by atoms with E-state index >= 15 is 0 Å². The van der Waals surface area contributed by atoms with Gasteiger partial charge >= 0.3 is 0 Å². The van der Waals surface area contributed by atoms with Gasteiger partial charge in [-0.1, -0.05) is 30.3 Å². The predicted molar refractivity (Wildman–Crippen MR) is 108 cm³/mol. The molecule has 3 rings (SSSR count). The first-order valence-corrected chi connectivity index (χ1v) is 10.3. The molecule has 146 valence electrons. The zero-order chi connectivity index (χ0) is 19.9. The molecule has 1 heterocycles. The number of amides is 1. The molecule has 1 N–H and O–H groups in total. The molecule has 0 unspecified atom stereocenters. The lowest BCUT2D eigenvalue weighted by Crippen LogP contribution is -2.28. The van der Waals surface area contributed by atoms with Crippen molar-refractivity contribution in [2.45, 2.75) is 19.2 Å². The number of oxazole rings is 1. The fourth-order valence-corrected chi connectivity index (χ4v) is 3.69. The van der Waals surface area contributed by atoms with E-state index in [4.69, 9.17) is 9.15 Å². The van der Waals surface area contributed by atoms with Crippen LogP contribution in [-0.4, -0.2) is 28.0 Å². The van der Waals surface area contributed by atoms with Crippen LogP contribution in [0.5, 0.6) is 5.75 Å². The summed E-state index contributed by atoms with van der Waals surface area (Å²) in [5.74, 6) is 1.65. The number of aryl methyl sites for hydroxylation is 1. The molecule has 1 aromatic heterocycles. The van der Waals surface area contributed by atoms with E-state index in [1.165, 1.54) is 0 Å². The van der Waals surface area contributed by atoms with E-state index in [-0.39, 0.29) is 17.4 Å². The molecule has 1 atom stereocenters. The molecule has 0 bridgehead atoms. The van der Waals surface area contributed by atoms with Gasteiger partial charge in [-0.2, -0.15) is 0 Å². The second kappa shape index (κ2) is 9.32. The standard InChI is InChI=1S/C21H22N2O4S/c1-15-19(23-21(27-15)17-8-10-18(26-2)11-9-17)13-28(25)14-20(24)22-12-16-6-4-3-5-7-16/h3-11H,12-14H2,1-2H3,(H,22,24)/t28-/m0/s1. The van der Waals surface area contributed by atoms with Crippen molar-refractivity contribution in [1.82, 2.24) is 10.3 Å². The Balaban J connectivity index is 1.56. The maximum atomic E-state index is 12.4. The van der Waals surface area contributed by atoms with Gasteiger partial charge in [0.25, 0.3) is 0 Å².